The van der Waals surface area contributed by atoms with Crippen molar-refractivity contribution in [3.8, 4) is 17.3 Å². The van der Waals surface area contributed by atoms with E-state index < -0.39 is 0 Å². The zero-order valence-electron chi connectivity index (χ0n) is 8.75. The van der Waals surface area contributed by atoms with Crippen LogP contribution in [0.25, 0.3) is 11.4 Å². The van der Waals surface area contributed by atoms with Gasteiger partial charge in [-0.3, -0.25) is 0 Å². The Morgan fingerprint density at radius 1 is 1.00 bits per heavy atom. The molecule has 0 saturated carbocycles. The first-order valence-corrected chi connectivity index (χ1v) is 5.78. The molecule has 0 atom stereocenters. The average molecular weight is 290 g/mol. The standard InChI is InChI=1S/C11H7Cl3N2O/c1-17-11-8(13)9(14)15-10(16-11)6-2-4-7(12)5-3-6/h2-5H,1H3. The van der Waals surface area contributed by atoms with Crippen molar-refractivity contribution in [2.45, 2.75) is 0 Å². The third kappa shape index (κ3) is 2.63. The van der Waals surface area contributed by atoms with E-state index in [1.54, 1.807) is 24.3 Å². The van der Waals surface area contributed by atoms with Gasteiger partial charge in [0, 0.05) is 10.6 Å². The second-order valence-electron chi connectivity index (χ2n) is 3.17. The van der Waals surface area contributed by atoms with Gasteiger partial charge in [0.15, 0.2) is 11.0 Å². The maximum Gasteiger partial charge on any atom is 0.237 e. The summed E-state index contributed by atoms with van der Waals surface area (Å²) in [5.41, 5.74) is 0.784. The molecule has 0 saturated heterocycles. The van der Waals surface area contributed by atoms with E-state index in [9.17, 15) is 0 Å². The van der Waals surface area contributed by atoms with E-state index in [-0.39, 0.29) is 16.1 Å². The van der Waals surface area contributed by atoms with Crippen LogP contribution in [0, 0.1) is 0 Å². The summed E-state index contributed by atoms with van der Waals surface area (Å²) in [6.45, 7) is 0. The lowest BCUT2D eigenvalue weighted by molar-refractivity contribution is 0.398. The van der Waals surface area contributed by atoms with Gasteiger partial charge < -0.3 is 4.74 Å². The average Bonchev–Trinajstić information content (AvgIpc) is 2.33. The van der Waals surface area contributed by atoms with Crippen LogP contribution in [0.4, 0.5) is 0 Å². The van der Waals surface area contributed by atoms with Crippen molar-refractivity contribution < 1.29 is 4.74 Å². The molecule has 0 bridgehead atoms. The highest BCUT2D eigenvalue weighted by Gasteiger charge is 2.12. The van der Waals surface area contributed by atoms with Crippen LogP contribution in [-0.2, 0) is 0 Å². The number of hydrogen-bond donors (Lipinski definition) is 0. The number of halogens is 3. The van der Waals surface area contributed by atoms with Crippen molar-refractivity contribution in [3.05, 3.63) is 39.5 Å². The molecule has 1 heterocycles. The van der Waals surface area contributed by atoms with Gasteiger partial charge in [0.1, 0.15) is 5.02 Å². The van der Waals surface area contributed by atoms with Gasteiger partial charge in [0.25, 0.3) is 0 Å². The number of methoxy groups -OCH3 is 1. The monoisotopic (exact) mass is 288 g/mol. The van der Waals surface area contributed by atoms with Gasteiger partial charge in [-0.25, -0.2) is 4.98 Å². The second-order valence-corrected chi connectivity index (χ2v) is 4.34. The summed E-state index contributed by atoms with van der Waals surface area (Å²) in [7, 11) is 1.47. The van der Waals surface area contributed by atoms with E-state index in [0.717, 1.165) is 5.56 Å². The van der Waals surface area contributed by atoms with Gasteiger partial charge >= 0.3 is 0 Å². The minimum absolute atomic E-state index is 0.156. The van der Waals surface area contributed by atoms with Crippen molar-refractivity contribution in [3.63, 3.8) is 0 Å². The highest BCUT2D eigenvalue weighted by atomic mass is 35.5. The summed E-state index contributed by atoms with van der Waals surface area (Å²) in [6, 6.07) is 7.08. The summed E-state index contributed by atoms with van der Waals surface area (Å²) in [4.78, 5) is 8.24. The van der Waals surface area contributed by atoms with Crippen LogP contribution in [0.5, 0.6) is 5.88 Å². The highest BCUT2D eigenvalue weighted by molar-refractivity contribution is 6.42. The molecule has 0 unspecified atom stereocenters. The molecule has 0 spiro atoms. The Kier molecular flexibility index (Phi) is 3.72. The first-order chi connectivity index (χ1) is 8.11. The number of nitrogens with zero attached hydrogens (tertiary/aromatic N) is 2. The fourth-order valence-corrected chi connectivity index (χ4v) is 1.71. The minimum atomic E-state index is 0.156. The van der Waals surface area contributed by atoms with Crippen LogP contribution in [0.2, 0.25) is 15.2 Å². The Morgan fingerprint density at radius 3 is 2.24 bits per heavy atom. The summed E-state index contributed by atoms with van der Waals surface area (Å²) in [5, 5.41) is 0.996. The van der Waals surface area contributed by atoms with Gasteiger partial charge in [-0.05, 0) is 24.3 Å². The molecule has 1 aromatic carbocycles. The molecule has 0 fully saturated rings. The molecule has 0 aliphatic carbocycles. The summed E-state index contributed by atoms with van der Waals surface area (Å²) < 4.78 is 5.02. The van der Waals surface area contributed by atoms with E-state index in [1.807, 2.05) is 0 Å². The van der Waals surface area contributed by atoms with E-state index in [0.29, 0.717) is 10.8 Å². The van der Waals surface area contributed by atoms with E-state index in [2.05, 4.69) is 9.97 Å². The zero-order chi connectivity index (χ0) is 12.4. The SMILES string of the molecule is COc1nc(-c2ccc(Cl)cc2)nc(Cl)c1Cl. The molecule has 0 radical (unpaired) electrons. The molecule has 0 N–H and O–H groups in total. The number of benzene rings is 1. The summed E-state index contributed by atoms with van der Waals surface area (Å²) >= 11 is 17.6. The van der Waals surface area contributed by atoms with Crippen molar-refractivity contribution >= 4 is 34.8 Å². The van der Waals surface area contributed by atoms with Gasteiger partial charge in [-0.2, -0.15) is 4.98 Å². The van der Waals surface area contributed by atoms with Crippen LogP contribution >= 0.6 is 34.8 Å². The number of hydrogen-bond acceptors (Lipinski definition) is 3. The van der Waals surface area contributed by atoms with Crippen molar-refractivity contribution in [1.82, 2.24) is 9.97 Å². The predicted octanol–water partition coefficient (Wildman–Crippen LogP) is 4.11. The molecule has 0 amide bonds. The molecule has 2 aromatic rings. The first kappa shape index (κ1) is 12.4. The molecule has 88 valence electrons. The van der Waals surface area contributed by atoms with Crippen LogP contribution in [0.3, 0.4) is 0 Å². The van der Waals surface area contributed by atoms with Crippen LogP contribution in [0.1, 0.15) is 0 Å². The molecule has 3 nitrogen and oxygen atoms in total. The third-order valence-electron chi connectivity index (χ3n) is 2.08. The molecule has 17 heavy (non-hydrogen) atoms. The van der Waals surface area contributed by atoms with Crippen LogP contribution in [-0.4, -0.2) is 17.1 Å². The lowest BCUT2D eigenvalue weighted by atomic mass is 10.2. The van der Waals surface area contributed by atoms with Crippen LogP contribution < -0.4 is 4.74 Å². The Morgan fingerprint density at radius 2 is 1.65 bits per heavy atom. The Labute approximate surface area is 113 Å². The van der Waals surface area contributed by atoms with Gasteiger partial charge in [-0.15, -0.1) is 0 Å². The third-order valence-corrected chi connectivity index (χ3v) is 3.04. The lowest BCUT2D eigenvalue weighted by Crippen LogP contribution is -1.95. The van der Waals surface area contributed by atoms with E-state index >= 15 is 0 Å². The molecule has 6 heteroatoms. The van der Waals surface area contributed by atoms with Crippen molar-refractivity contribution in [2.24, 2.45) is 0 Å². The predicted molar refractivity (Wildman–Crippen MR) is 69.1 cm³/mol. The second kappa shape index (κ2) is 5.08. The molecule has 0 aliphatic heterocycles. The fraction of sp³-hybridized carbons (Fsp3) is 0.0909. The van der Waals surface area contributed by atoms with Crippen molar-refractivity contribution in [1.29, 1.82) is 0 Å². The summed E-state index contributed by atoms with van der Waals surface area (Å²) in [6.07, 6.45) is 0. The molecule has 1 aromatic heterocycles. The smallest absolute Gasteiger partial charge is 0.237 e. The Hall–Kier alpha value is -1.03. The molecular weight excluding hydrogens is 282 g/mol. The fourth-order valence-electron chi connectivity index (χ4n) is 1.26. The zero-order valence-corrected chi connectivity index (χ0v) is 11.0. The van der Waals surface area contributed by atoms with E-state index in [4.69, 9.17) is 39.5 Å². The Bertz CT molecular complexity index is 543. The molecular formula is C11H7Cl3N2O. The number of rotatable bonds is 2. The van der Waals surface area contributed by atoms with E-state index in [1.165, 1.54) is 7.11 Å². The lowest BCUT2D eigenvalue weighted by Gasteiger charge is -2.06. The quantitative estimate of drug-likeness (QED) is 0.780. The van der Waals surface area contributed by atoms with Gasteiger partial charge in [0.05, 0.1) is 7.11 Å². The minimum Gasteiger partial charge on any atom is -0.480 e. The first-order valence-electron chi connectivity index (χ1n) is 4.65. The molecule has 2 rings (SSSR count). The maximum absolute atomic E-state index is 5.89. The van der Waals surface area contributed by atoms with Crippen LogP contribution in [0.15, 0.2) is 24.3 Å². The molecule has 0 aliphatic rings. The topological polar surface area (TPSA) is 35.0 Å². The number of aromatic nitrogens is 2. The summed E-state index contributed by atoms with van der Waals surface area (Å²) in [5.74, 6) is 0.685. The Balaban J connectivity index is 2.52. The number of ether oxygens (including phenoxy) is 1. The maximum atomic E-state index is 5.89. The van der Waals surface area contributed by atoms with Gasteiger partial charge in [0.2, 0.25) is 5.88 Å². The van der Waals surface area contributed by atoms with Gasteiger partial charge in [-0.1, -0.05) is 34.8 Å². The largest absolute Gasteiger partial charge is 0.480 e. The highest BCUT2D eigenvalue weighted by Crippen LogP contribution is 2.31. The van der Waals surface area contributed by atoms with Crippen molar-refractivity contribution in [2.75, 3.05) is 7.11 Å². The normalized spacial score (nSPS) is 10.4.